The molecular weight excluding hydrogens is 754 g/mol. The summed E-state index contributed by atoms with van der Waals surface area (Å²) in [6, 6.07) is 18.3. The fourth-order valence-electron chi connectivity index (χ4n) is 8.17. The minimum atomic E-state index is -0.695. The Morgan fingerprint density at radius 2 is 1.84 bits per heavy atom. The summed E-state index contributed by atoms with van der Waals surface area (Å²) in [6.45, 7) is 5.59. The average molecular weight is 796 g/mol. The maximum atomic E-state index is 13.1. The zero-order valence-corrected chi connectivity index (χ0v) is 33.2. The van der Waals surface area contributed by atoms with E-state index in [2.05, 4.69) is 68.4 Å². The number of amides is 5. The van der Waals surface area contributed by atoms with Crippen molar-refractivity contribution in [3.63, 3.8) is 0 Å². The van der Waals surface area contributed by atoms with Crippen molar-refractivity contribution in [1.29, 1.82) is 0 Å². The van der Waals surface area contributed by atoms with Crippen molar-refractivity contribution >= 4 is 57.7 Å². The molecule has 1 saturated heterocycles. The molecule has 3 aromatic carbocycles. The predicted molar refractivity (Wildman–Crippen MR) is 221 cm³/mol. The number of aryl methyl sites for hydroxylation is 1. The standard InChI is InChI=1S/C45H42ClN7O5/c1-26(2)30-12-7-13-31-35(42(55)47-3)25-53(41(30)31)52-20-8-11-28-21-33(36(46)22-39(28)52)29-15-16-37(49-23-29)43(56)48-19-5-4-9-27-10-6-14-32-34(27)24-51(45(32)58)38-17-18-40(54)50-44(38)57/h6-7,10,12-16,21-23,25-26,38H,5,8,11,17-20,24H2,1-3H3,(H,47,55)(H,48,56)(H,50,54,57). The van der Waals surface area contributed by atoms with Gasteiger partial charge in [0.15, 0.2) is 0 Å². The Morgan fingerprint density at radius 3 is 2.60 bits per heavy atom. The lowest BCUT2D eigenvalue weighted by Gasteiger charge is -2.34. The molecule has 1 unspecified atom stereocenters. The van der Waals surface area contributed by atoms with Crippen molar-refractivity contribution in [3.05, 3.63) is 117 Å². The van der Waals surface area contributed by atoms with E-state index in [0.717, 1.165) is 63.8 Å². The number of para-hydroxylation sites is 1. The summed E-state index contributed by atoms with van der Waals surface area (Å²) in [4.78, 5) is 69.1. The van der Waals surface area contributed by atoms with Crippen LogP contribution in [0.4, 0.5) is 5.69 Å². The molecule has 5 heterocycles. The first kappa shape index (κ1) is 38.4. The normalized spacial score (nSPS) is 16.2. The van der Waals surface area contributed by atoms with Gasteiger partial charge in [-0.1, -0.05) is 67.6 Å². The molecule has 1 fully saturated rings. The molecular formula is C45H42ClN7O5. The van der Waals surface area contributed by atoms with E-state index in [9.17, 15) is 24.0 Å². The van der Waals surface area contributed by atoms with Gasteiger partial charge in [-0.15, -0.1) is 0 Å². The minimum Gasteiger partial charge on any atom is -0.355 e. The summed E-state index contributed by atoms with van der Waals surface area (Å²) in [5, 5.41) is 11.6. The SMILES string of the molecule is CNC(=O)c1cn(N2CCCc3cc(-c4ccc(C(=O)NCCC#Cc5cccc6c5CN(C5CCC(=O)NC5=O)C6=O)nc4)c(Cl)cc32)c2c(C(C)C)cccc12. The van der Waals surface area contributed by atoms with E-state index >= 15 is 0 Å². The topological polar surface area (TPSA) is 146 Å². The van der Waals surface area contributed by atoms with Crippen molar-refractivity contribution in [2.45, 2.75) is 64.5 Å². The molecule has 0 aliphatic carbocycles. The minimum absolute atomic E-state index is 0.137. The number of hydrogen-bond acceptors (Lipinski definition) is 7. The maximum absolute atomic E-state index is 13.1. The Labute approximate surface area is 340 Å². The molecule has 0 radical (unpaired) electrons. The molecule has 2 aromatic heterocycles. The van der Waals surface area contributed by atoms with Crippen LogP contribution in [0.2, 0.25) is 5.02 Å². The van der Waals surface area contributed by atoms with E-state index in [1.165, 1.54) is 4.90 Å². The van der Waals surface area contributed by atoms with E-state index in [1.54, 1.807) is 31.4 Å². The summed E-state index contributed by atoms with van der Waals surface area (Å²) in [5.41, 5.74) is 8.68. The molecule has 5 aromatic rings. The van der Waals surface area contributed by atoms with Crippen LogP contribution in [-0.4, -0.2) is 70.3 Å². The number of benzene rings is 3. The lowest BCUT2D eigenvalue weighted by molar-refractivity contribution is -0.136. The van der Waals surface area contributed by atoms with Crippen molar-refractivity contribution in [1.82, 2.24) is 30.5 Å². The van der Waals surface area contributed by atoms with Crippen LogP contribution in [0.15, 0.2) is 73.1 Å². The number of fused-ring (bicyclic) bond motifs is 3. The number of imide groups is 1. The number of rotatable bonds is 8. The van der Waals surface area contributed by atoms with Gasteiger partial charge in [-0.25, -0.2) is 0 Å². The van der Waals surface area contributed by atoms with Crippen LogP contribution < -0.4 is 21.0 Å². The number of carbonyl (C=O) groups excluding carboxylic acids is 5. The fourth-order valence-corrected chi connectivity index (χ4v) is 8.44. The fraction of sp³-hybridized carbons (Fsp3) is 0.289. The first-order valence-corrected chi connectivity index (χ1v) is 19.9. The van der Waals surface area contributed by atoms with Gasteiger partial charge in [0.05, 0.1) is 21.8 Å². The third-order valence-electron chi connectivity index (χ3n) is 11.1. The summed E-state index contributed by atoms with van der Waals surface area (Å²) in [7, 11) is 1.65. The lowest BCUT2D eigenvalue weighted by atomic mass is 9.97. The second kappa shape index (κ2) is 15.8. The highest BCUT2D eigenvalue weighted by molar-refractivity contribution is 6.33. The van der Waals surface area contributed by atoms with Gasteiger partial charge < -0.3 is 15.5 Å². The highest BCUT2D eigenvalue weighted by Crippen LogP contribution is 2.40. The highest BCUT2D eigenvalue weighted by Gasteiger charge is 2.39. The Hall–Kier alpha value is -6.45. The largest absolute Gasteiger partial charge is 0.355 e. The van der Waals surface area contributed by atoms with E-state index in [1.807, 2.05) is 36.5 Å². The summed E-state index contributed by atoms with van der Waals surface area (Å²) in [6.07, 6.45) is 6.19. The molecule has 8 rings (SSSR count). The number of piperidine rings is 1. The number of anilines is 1. The maximum Gasteiger partial charge on any atom is 0.269 e. The van der Waals surface area contributed by atoms with Crippen LogP contribution in [0.25, 0.3) is 22.0 Å². The summed E-state index contributed by atoms with van der Waals surface area (Å²) >= 11 is 7.00. The lowest BCUT2D eigenvalue weighted by Crippen LogP contribution is -2.52. The first-order chi connectivity index (χ1) is 28.0. The Morgan fingerprint density at radius 1 is 1.02 bits per heavy atom. The Balaban J connectivity index is 0.936. The molecule has 0 bridgehead atoms. The predicted octanol–water partition coefficient (Wildman–Crippen LogP) is 5.99. The summed E-state index contributed by atoms with van der Waals surface area (Å²) in [5.74, 6) is 4.95. The number of nitrogens with one attached hydrogen (secondary N) is 3. The Kier molecular flexibility index (Phi) is 10.5. The van der Waals surface area contributed by atoms with Crippen molar-refractivity contribution < 1.29 is 24.0 Å². The molecule has 0 spiro atoms. The van der Waals surface area contributed by atoms with E-state index in [-0.39, 0.29) is 48.2 Å². The first-order valence-electron chi connectivity index (χ1n) is 19.5. The number of hydrogen-bond donors (Lipinski definition) is 3. The van der Waals surface area contributed by atoms with Gasteiger partial charge in [-0.3, -0.25) is 44.0 Å². The van der Waals surface area contributed by atoms with E-state index in [4.69, 9.17) is 11.6 Å². The van der Waals surface area contributed by atoms with Crippen molar-refractivity contribution in [2.24, 2.45) is 0 Å². The van der Waals surface area contributed by atoms with Gasteiger partial charge in [0.2, 0.25) is 11.8 Å². The quantitative estimate of drug-likeness (QED) is 0.0995. The van der Waals surface area contributed by atoms with Crippen LogP contribution in [0.3, 0.4) is 0 Å². The number of carbonyl (C=O) groups is 5. The molecule has 5 amide bonds. The average Bonchev–Trinajstić information content (AvgIpc) is 3.78. The second-order valence-electron chi connectivity index (χ2n) is 15.0. The van der Waals surface area contributed by atoms with Crippen LogP contribution >= 0.6 is 11.6 Å². The molecule has 1 atom stereocenters. The van der Waals surface area contributed by atoms with Gasteiger partial charge >= 0.3 is 0 Å². The van der Waals surface area contributed by atoms with Crippen molar-refractivity contribution in [2.75, 3.05) is 25.1 Å². The number of halogens is 1. The van der Waals surface area contributed by atoms with Crippen molar-refractivity contribution in [3.8, 4) is 23.0 Å². The zero-order chi connectivity index (χ0) is 40.7. The molecule has 58 heavy (non-hydrogen) atoms. The van der Waals surface area contributed by atoms with E-state index < -0.39 is 11.9 Å². The monoisotopic (exact) mass is 795 g/mol. The Bertz CT molecular complexity index is 2590. The van der Waals surface area contributed by atoms with Gasteiger partial charge in [0.1, 0.15) is 11.7 Å². The van der Waals surface area contributed by atoms with Crippen LogP contribution in [0, 0.1) is 11.8 Å². The molecule has 294 valence electrons. The molecule has 12 nitrogen and oxygen atoms in total. The number of nitrogens with zero attached hydrogens (tertiary/aromatic N) is 4. The molecule has 3 N–H and O–H groups in total. The molecule has 0 saturated carbocycles. The third-order valence-corrected chi connectivity index (χ3v) is 11.4. The molecule has 3 aliphatic rings. The summed E-state index contributed by atoms with van der Waals surface area (Å²) < 4.78 is 2.11. The molecule has 13 heteroatoms. The highest BCUT2D eigenvalue weighted by atomic mass is 35.5. The molecule has 3 aliphatic heterocycles. The van der Waals surface area contributed by atoms with Crippen LogP contribution in [-0.2, 0) is 22.6 Å². The third kappa shape index (κ3) is 7.07. The van der Waals surface area contributed by atoms with Gasteiger partial charge in [0, 0.05) is 79.6 Å². The zero-order valence-electron chi connectivity index (χ0n) is 32.4. The van der Waals surface area contributed by atoms with E-state index in [0.29, 0.717) is 41.1 Å². The van der Waals surface area contributed by atoms with Gasteiger partial charge in [-0.2, -0.15) is 0 Å². The number of pyridine rings is 1. The van der Waals surface area contributed by atoms with Crippen LogP contribution in [0.5, 0.6) is 0 Å². The van der Waals surface area contributed by atoms with Gasteiger partial charge in [0.25, 0.3) is 17.7 Å². The van der Waals surface area contributed by atoms with Crippen LogP contribution in [0.1, 0.15) is 98.9 Å². The van der Waals surface area contributed by atoms with Gasteiger partial charge in [-0.05, 0) is 72.2 Å². The second-order valence-corrected chi connectivity index (χ2v) is 15.4. The smallest absolute Gasteiger partial charge is 0.269 e. The number of aromatic nitrogens is 2.